The normalized spacial score (nSPS) is 18.5. The van der Waals surface area contributed by atoms with Crippen LogP contribution in [0.4, 0.5) is 4.39 Å². The van der Waals surface area contributed by atoms with Crippen molar-refractivity contribution in [3.05, 3.63) is 131 Å². The van der Waals surface area contributed by atoms with Crippen LogP contribution in [0.5, 0.6) is 0 Å². The summed E-state index contributed by atoms with van der Waals surface area (Å²) in [7, 11) is 0. The molecule has 3 atom stereocenters. The topological polar surface area (TPSA) is 61.8 Å². The van der Waals surface area contributed by atoms with Gasteiger partial charge in [-0.25, -0.2) is 14.0 Å². The first kappa shape index (κ1) is 26.3. The van der Waals surface area contributed by atoms with Crippen molar-refractivity contribution in [1.29, 1.82) is 0 Å². The average Bonchev–Trinajstić information content (AvgIpc) is 3.35. The van der Waals surface area contributed by atoms with Gasteiger partial charge >= 0.3 is 11.9 Å². The summed E-state index contributed by atoms with van der Waals surface area (Å²) in [5.74, 6) is -1.20. The van der Waals surface area contributed by atoms with Crippen LogP contribution < -0.4 is 0 Å². The van der Waals surface area contributed by atoms with Crippen LogP contribution in [-0.2, 0) is 14.2 Å². The second kappa shape index (κ2) is 11.6. The zero-order valence-corrected chi connectivity index (χ0v) is 21.8. The van der Waals surface area contributed by atoms with E-state index in [2.05, 4.69) is 0 Å². The Balaban J connectivity index is 1.31. The third-order valence-electron chi connectivity index (χ3n) is 6.87. The second-order valence-corrected chi connectivity index (χ2v) is 9.80. The van der Waals surface area contributed by atoms with E-state index in [0.29, 0.717) is 17.5 Å². The lowest BCUT2D eigenvalue weighted by Gasteiger charge is -2.19. The van der Waals surface area contributed by atoms with Crippen molar-refractivity contribution in [2.45, 2.75) is 38.6 Å². The van der Waals surface area contributed by atoms with Gasteiger partial charge in [0.15, 0.2) is 0 Å². The van der Waals surface area contributed by atoms with Crippen molar-refractivity contribution in [1.82, 2.24) is 0 Å². The average molecular weight is 525 g/mol. The summed E-state index contributed by atoms with van der Waals surface area (Å²) in [5, 5.41) is 0. The van der Waals surface area contributed by atoms with E-state index in [4.69, 9.17) is 14.2 Å². The monoisotopic (exact) mass is 524 g/mol. The molecular weight excluding hydrogens is 495 g/mol. The summed E-state index contributed by atoms with van der Waals surface area (Å²) < 4.78 is 31.0. The lowest BCUT2D eigenvalue weighted by atomic mass is 10.00. The quantitative estimate of drug-likeness (QED) is 0.243. The third-order valence-corrected chi connectivity index (χ3v) is 6.87. The Morgan fingerprint density at radius 3 is 1.82 bits per heavy atom. The number of carbonyl (C=O) groups is 2. The molecule has 6 heteroatoms. The molecule has 4 aromatic rings. The number of benzene rings is 4. The molecule has 0 aliphatic carbocycles. The zero-order valence-electron chi connectivity index (χ0n) is 21.8. The fraction of sp³-hybridized carbons (Fsp3) is 0.212. The fourth-order valence-electron chi connectivity index (χ4n) is 4.56. The molecule has 0 radical (unpaired) electrons. The van der Waals surface area contributed by atoms with Gasteiger partial charge in [-0.1, -0.05) is 71.8 Å². The lowest BCUT2D eigenvalue weighted by molar-refractivity contribution is -0.0427. The third kappa shape index (κ3) is 6.41. The highest BCUT2D eigenvalue weighted by molar-refractivity contribution is 5.90. The summed E-state index contributed by atoms with van der Waals surface area (Å²) in [4.78, 5) is 25.5. The molecule has 198 valence electrons. The van der Waals surface area contributed by atoms with Crippen molar-refractivity contribution < 1.29 is 28.2 Å². The predicted octanol–water partition coefficient (Wildman–Crippen LogP) is 7.02. The van der Waals surface area contributed by atoms with Crippen molar-refractivity contribution in [2.75, 3.05) is 6.61 Å². The van der Waals surface area contributed by atoms with Gasteiger partial charge in [-0.3, -0.25) is 0 Å². The molecule has 1 aliphatic rings. The van der Waals surface area contributed by atoms with Crippen LogP contribution in [0, 0.1) is 19.7 Å². The molecule has 4 aromatic carbocycles. The Hall–Kier alpha value is -4.29. The molecule has 0 bridgehead atoms. The molecule has 0 N–H and O–H groups in total. The molecular formula is C33H29FO5. The highest BCUT2D eigenvalue weighted by Gasteiger charge is 2.39. The van der Waals surface area contributed by atoms with Gasteiger partial charge in [0.2, 0.25) is 0 Å². The minimum atomic E-state index is -0.629. The first-order valence-corrected chi connectivity index (χ1v) is 12.9. The Morgan fingerprint density at radius 1 is 0.744 bits per heavy atom. The van der Waals surface area contributed by atoms with Crippen LogP contribution in [0.15, 0.2) is 97.1 Å². The van der Waals surface area contributed by atoms with E-state index in [1.165, 1.54) is 12.1 Å². The Labute approximate surface area is 227 Å². The minimum absolute atomic E-state index is 0.0529. The van der Waals surface area contributed by atoms with Gasteiger partial charge in [0.25, 0.3) is 0 Å². The maximum atomic E-state index is 13.3. The second-order valence-electron chi connectivity index (χ2n) is 9.80. The van der Waals surface area contributed by atoms with Gasteiger partial charge in [0, 0.05) is 6.42 Å². The van der Waals surface area contributed by atoms with Crippen LogP contribution in [0.25, 0.3) is 11.1 Å². The molecule has 0 saturated carbocycles. The largest absolute Gasteiger partial charge is 0.459 e. The van der Waals surface area contributed by atoms with Gasteiger partial charge in [0.1, 0.15) is 24.6 Å². The number of aryl methyl sites for hydroxylation is 2. The first-order chi connectivity index (χ1) is 18.9. The SMILES string of the molecule is Cc1ccc(C(=O)OC[C@H]2O[C@@H](c3ccc(-c4ccc(F)cc4)cc3)C[C@@H]2OC(=O)c2ccc(C)cc2)cc1. The number of carbonyl (C=O) groups excluding carboxylic acids is 2. The Kier molecular flexibility index (Phi) is 7.84. The van der Waals surface area contributed by atoms with Gasteiger partial charge in [0.05, 0.1) is 17.2 Å². The Bertz CT molecular complexity index is 1430. The maximum Gasteiger partial charge on any atom is 0.338 e. The fourth-order valence-corrected chi connectivity index (χ4v) is 4.56. The standard InChI is InChI=1S/C33H29FO5/c1-21-3-7-26(8-4-21)32(35)37-20-31-30(39-33(36)27-9-5-22(2)6-10-27)19-29(38-31)25-13-11-23(12-14-25)24-15-17-28(34)18-16-24/h3-18,29-31H,19-20H2,1-2H3/t29-,30+,31-/m1/s1. The highest BCUT2D eigenvalue weighted by Crippen LogP contribution is 2.36. The molecule has 1 saturated heterocycles. The molecule has 5 nitrogen and oxygen atoms in total. The Morgan fingerprint density at radius 2 is 1.26 bits per heavy atom. The first-order valence-electron chi connectivity index (χ1n) is 12.9. The summed E-state index contributed by atoms with van der Waals surface area (Å²) in [6.07, 6.45) is -1.17. The minimum Gasteiger partial charge on any atom is -0.459 e. The van der Waals surface area contributed by atoms with E-state index >= 15 is 0 Å². The van der Waals surface area contributed by atoms with Gasteiger partial charge < -0.3 is 14.2 Å². The van der Waals surface area contributed by atoms with E-state index in [0.717, 1.165) is 27.8 Å². The molecule has 0 amide bonds. The van der Waals surface area contributed by atoms with Crippen molar-refractivity contribution >= 4 is 11.9 Å². The molecule has 1 heterocycles. The molecule has 39 heavy (non-hydrogen) atoms. The maximum absolute atomic E-state index is 13.3. The summed E-state index contributed by atoms with van der Waals surface area (Å²) in [6, 6.07) is 28.4. The number of esters is 2. The molecule has 0 unspecified atom stereocenters. The van der Waals surface area contributed by atoms with Gasteiger partial charge in [-0.15, -0.1) is 0 Å². The van der Waals surface area contributed by atoms with E-state index in [1.807, 2.05) is 62.4 Å². The van der Waals surface area contributed by atoms with E-state index in [9.17, 15) is 14.0 Å². The van der Waals surface area contributed by atoms with Crippen molar-refractivity contribution in [2.24, 2.45) is 0 Å². The molecule has 5 rings (SSSR count). The van der Waals surface area contributed by atoms with E-state index in [1.54, 1.807) is 36.4 Å². The summed E-state index contributed by atoms with van der Waals surface area (Å²) >= 11 is 0. The van der Waals surface area contributed by atoms with Gasteiger partial charge in [-0.05, 0) is 66.9 Å². The van der Waals surface area contributed by atoms with Crippen LogP contribution in [0.1, 0.15) is 49.9 Å². The summed E-state index contributed by atoms with van der Waals surface area (Å²) in [6.45, 7) is 3.84. The smallest absolute Gasteiger partial charge is 0.338 e. The summed E-state index contributed by atoms with van der Waals surface area (Å²) in [5.41, 5.74) is 5.74. The lowest BCUT2D eigenvalue weighted by Crippen LogP contribution is -2.32. The van der Waals surface area contributed by atoms with E-state index < -0.39 is 24.1 Å². The van der Waals surface area contributed by atoms with Crippen molar-refractivity contribution in [3.8, 4) is 11.1 Å². The zero-order chi connectivity index (χ0) is 27.4. The van der Waals surface area contributed by atoms with Crippen LogP contribution in [0.2, 0.25) is 0 Å². The van der Waals surface area contributed by atoms with Gasteiger partial charge in [-0.2, -0.15) is 0 Å². The number of hydrogen-bond donors (Lipinski definition) is 0. The number of ether oxygens (including phenoxy) is 3. The number of hydrogen-bond acceptors (Lipinski definition) is 5. The number of halogens is 1. The van der Waals surface area contributed by atoms with E-state index in [-0.39, 0.29) is 18.5 Å². The molecule has 1 fully saturated rings. The van der Waals surface area contributed by atoms with Crippen molar-refractivity contribution in [3.63, 3.8) is 0 Å². The van der Waals surface area contributed by atoms with Crippen LogP contribution >= 0.6 is 0 Å². The van der Waals surface area contributed by atoms with Crippen LogP contribution in [-0.4, -0.2) is 30.8 Å². The van der Waals surface area contributed by atoms with Crippen LogP contribution in [0.3, 0.4) is 0 Å². The molecule has 0 spiro atoms. The number of rotatable bonds is 7. The molecule has 0 aromatic heterocycles. The predicted molar refractivity (Wildman–Crippen MR) is 146 cm³/mol. The highest BCUT2D eigenvalue weighted by atomic mass is 19.1. The molecule has 1 aliphatic heterocycles.